The predicted molar refractivity (Wildman–Crippen MR) is 83.3 cm³/mol. The molecular weight excluding hydrogens is 277 g/mol. The summed E-state index contributed by atoms with van der Waals surface area (Å²) in [4.78, 5) is 11.0. The molecule has 2 nitrogen and oxygen atoms in total. The summed E-state index contributed by atoms with van der Waals surface area (Å²) in [5.41, 5.74) is 7.38. The quantitative estimate of drug-likeness (QED) is 0.695. The first-order valence-electron chi connectivity index (χ1n) is 5.95. The molecule has 0 saturated heterocycles. The smallest absolute Gasteiger partial charge is 0.151 e. The number of hydrogen-bond donors (Lipinski definition) is 1. The molecule has 0 heterocycles. The highest BCUT2D eigenvalue weighted by atomic mass is 35.5. The summed E-state index contributed by atoms with van der Waals surface area (Å²) in [6.07, 6.45) is 1.37. The van der Waals surface area contributed by atoms with Crippen LogP contribution in [0, 0.1) is 6.92 Å². The van der Waals surface area contributed by atoms with E-state index in [0.29, 0.717) is 16.9 Å². The van der Waals surface area contributed by atoms with Crippen molar-refractivity contribution in [2.45, 2.75) is 6.92 Å². The van der Waals surface area contributed by atoms with Gasteiger partial charge < -0.3 is 5.73 Å². The van der Waals surface area contributed by atoms with Crippen molar-refractivity contribution in [1.29, 1.82) is 0 Å². The molecule has 0 aromatic heterocycles. The standard InChI is InChI=1S/C15H15ClNOP/c1-11-7-13(8-15(16)14(11)9-18)19(10-17)12-5-3-2-4-6-12/h2-9H,10,17H2,1H3. The summed E-state index contributed by atoms with van der Waals surface area (Å²) < 4.78 is 0. The minimum absolute atomic E-state index is 0.502. The van der Waals surface area contributed by atoms with E-state index in [4.69, 9.17) is 17.3 Å². The van der Waals surface area contributed by atoms with Crippen LogP contribution in [0.15, 0.2) is 42.5 Å². The molecule has 0 saturated carbocycles. The van der Waals surface area contributed by atoms with Crippen LogP contribution < -0.4 is 16.3 Å². The lowest BCUT2D eigenvalue weighted by Gasteiger charge is -2.18. The number of aldehydes is 1. The number of halogens is 1. The van der Waals surface area contributed by atoms with Gasteiger partial charge in [0, 0.05) is 11.8 Å². The Bertz CT molecular complexity index is 563. The van der Waals surface area contributed by atoms with Gasteiger partial charge in [0.25, 0.3) is 0 Å². The highest BCUT2D eigenvalue weighted by Gasteiger charge is 2.14. The number of benzene rings is 2. The van der Waals surface area contributed by atoms with Crippen molar-refractivity contribution in [1.82, 2.24) is 0 Å². The number of aryl methyl sites for hydroxylation is 1. The molecule has 1 unspecified atom stereocenters. The van der Waals surface area contributed by atoms with Gasteiger partial charge >= 0.3 is 0 Å². The number of rotatable bonds is 4. The number of hydrogen-bond acceptors (Lipinski definition) is 2. The molecule has 4 heteroatoms. The highest BCUT2D eigenvalue weighted by molar-refractivity contribution is 7.72. The third-order valence-electron chi connectivity index (χ3n) is 3.00. The average Bonchev–Trinajstić information content (AvgIpc) is 2.40. The van der Waals surface area contributed by atoms with Crippen molar-refractivity contribution in [3.05, 3.63) is 58.6 Å². The fourth-order valence-electron chi connectivity index (χ4n) is 2.01. The third kappa shape index (κ3) is 3.03. The van der Waals surface area contributed by atoms with Gasteiger partial charge in [0.2, 0.25) is 0 Å². The molecule has 0 radical (unpaired) electrons. The van der Waals surface area contributed by atoms with E-state index in [2.05, 4.69) is 12.1 Å². The molecule has 0 aliphatic carbocycles. The van der Waals surface area contributed by atoms with E-state index < -0.39 is 7.92 Å². The first kappa shape index (κ1) is 14.2. The number of nitrogens with two attached hydrogens (primary N) is 1. The molecule has 2 rings (SSSR count). The first-order valence-corrected chi connectivity index (χ1v) is 7.86. The van der Waals surface area contributed by atoms with Crippen LogP contribution in [0.4, 0.5) is 0 Å². The maximum atomic E-state index is 11.0. The molecule has 2 N–H and O–H groups in total. The van der Waals surface area contributed by atoms with Crippen LogP contribution in [0.25, 0.3) is 0 Å². The van der Waals surface area contributed by atoms with Crippen LogP contribution in [0.3, 0.4) is 0 Å². The lowest BCUT2D eigenvalue weighted by Crippen LogP contribution is -2.18. The molecule has 0 fully saturated rings. The van der Waals surface area contributed by atoms with E-state index in [1.165, 1.54) is 5.30 Å². The fourth-order valence-corrected chi connectivity index (χ4v) is 4.28. The molecule has 2 aromatic carbocycles. The second-order valence-electron chi connectivity index (χ2n) is 4.22. The zero-order valence-electron chi connectivity index (χ0n) is 10.6. The molecule has 19 heavy (non-hydrogen) atoms. The Morgan fingerprint density at radius 1 is 1.21 bits per heavy atom. The van der Waals surface area contributed by atoms with Crippen LogP contribution >= 0.6 is 19.5 Å². The van der Waals surface area contributed by atoms with Crippen LogP contribution in [-0.4, -0.2) is 12.6 Å². The largest absolute Gasteiger partial charge is 0.326 e. The van der Waals surface area contributed by atoms with Gasteiger partial charge in [-0.2, -0.15) is 0 Å². The summed E-state index contributed by atoms with van der Waals surface area (Å²) in [5.74, 6) is 0. The topological polar surface area (TPSA) is 43.1 Å². The van der Waals surface area contributed by atoms with Gasteiger partial charge in [0.05, 0.1) is 5.02 Å². The summed E-state index contributed by atoms with van der Waals surface area (Å²) >= 11 is 6.16. The third-order valence-corrected chi connectivity index (χ3v) is 5.48. The van der Waals surface area contributed by atoms with Gasteiger partial charge in [-0.25, -0.2) is 0 Å². The van der Waals surface area contributed by atoms with Gasteiger partial charge in [0.15, 0.2) is 6.29 Å². The Balaban J connectivity index is 2.48. The van der Waals surface area contributed by atoms with Gasteiger partial charge in [-0.15, -0.1) is 0 Å². The Hall–Kier alpha value is -1.21. The Labute approximate surface area is 119 Å². The van der Waals surface area contributed by atoms with Crippen molar-refractivity contribution >= 4 is 36.4 Å². The molecule has 0 amide bonds. The highest BCUT2D eigenvalue weighted by Crippen LogP contribution is 2.33. The Morgan fingerprint density at radius 3 is 2.42 bits per heavy atom. The molecular formula is C15H15ClNOP. The normalized spacial score (nSPS) is 12.2. The lowest BCUT2D eigenvalue weighted by atomic mass is 10.1. The van der Waals surface area contributed by atoms with Gasteiger partial charge in [0.1, 0.15) is 0 Å². The van der Waals surface area contributed by atoms with Crippen molar-refractivity contribution < 1.29 is 4.79 Å². The zero-order chi connectivity index (χ0) is 13.8. The molecule has 0 bridgehead atoms. The van der Waals surface area contributed by atoms with E-state index >= 15 is 0 Å². The Kier molecular flexibility index (Phi) is 4.71. The molecule has 1 atom stereocenters. The summed E-state index contributed by atoms with van der Waals surface area (Å²) in [6, 6.07) is 14.0. The fraction of sp³-hybridized carbons (Fsp3) is 0.133. The van der Waals surface area contributed by atoms with Crippen LogP contribution in [0.5, 0.6) is 0 Å². The second-order valence-corrected chi connectivity index (χ2v) is 6.88. The monoisotopic (exact) mass is 291 g/mol. The minimum Gasteiger partial charge on any atom is -0.326 e. The minimum atomic E-state index is -0.621. The average molecular weight is 292 g/mol. The molecule has 98 valence electrons. The summed E-state index contributed by atoms with van der Waals surface area (Å²) in [7, 11) is -0.621. The number of carbonyl (C=O) groups excluding carboxylic acids is 1. The summed E-state index contributed by atoms with van der Waals surface area (Å²) in [6.45, 7) is 1.90. The van der Waals surface area contributed by atoms with E-state index in [9.17, 15) is 4.79 Å². The van der Waals surface area contributed by atoms with E-state index in [1.54, 1.807) is 0 Å². The van der Waals surface area contributed by atoms with Crippen LogP contribution in [0.2, 0.25) is 5.02 Å². The molecule has 0 spiro atoms. The summed E-state index contributed by atoms with van der Waals surface area (Å²) in [5, 5.41) is 2.83. The van der Waals surface area contributed by atoms with Crippen LogP contribution in [0.1, 0.15) is 15.9 Å². The van der Waals surface area contributed by atoms with Crippen LogP contribution in [-0.2, 0) is 0 Å². The number of carbonyl (C=O) groups is 1. The molecule has 0 aliphatic heterocycles. The molecule has 0 aliphatic rings. The second kappa shape index (κ2) is 6.29. The van der Waals surface area contributed by atoms with Gasteiger partial charge in [-0.1, -0.05) is 48.0 Å². The maximum absolute atomic E-state index is 11.0. The van der Waals surface area contributed by atoms with Crippen molar-refractivity contribution in [3.8, 4) is 0 Å². The van der Waals surface area contributed by atoms with Crippen molar-refractivity contribution in [2.75, 3.05) is 6.29 Å². The first-order chi connectivity index (χ1) is 9.17. The van der Waals surface area contributed by atoms with Crippen molar-refractivity contribution in [2.24, 2.45) is 5.73 Å². The van der Waals surface area contributed by atoms with Gasteiger partial charge in [-0.3, -0.25) is 4.79 Å². The SMILES string of the molecule is Cc1cc(P(CN)c2ccccc2)cc(Cl)c1C=O. The Morgan fingerprint density at radius 2 is 1.89 bits per heavy atom. The van der Waals surface area contributed by atoms with Gasteiger partial charge in [-0.05, 0) is 37.1 Å². The zero-order valence-corrected chi connectivity index (χ0v) is 12.3. The lowest BCUT2D eigenvalue weighted by molar-refractivity contribution is 0.112. The molecule has 2 aromatic rings. The van der Waals surface area contributed by atoms with E-state index in [-0.39, 0.29) is 0 Å². The predicted octanol–water partition coefficient (Wildman–Crippen LogP) is 2.81. The van der Waals surface area contributed by atoms with Crippen molar-refractivity contribution in [3.63, 3.8) is 0 Å². The maximum Gasteiger partial charge on any atom is 0.151 e. The van der Waals surface area contributed by atoms with E-state index in [0.717, 1.165) is 17.2 Å². The van der Waals surface area contributed by atoms with E-state index in [1.807, 2.05) is 37.3 Å².